The van der Waals surface area contributed by atoms with Gasteiger partial charge in [-0.3, -0.25) is 4.79 Å². The molecule has 2 atom stereocenters. The van der Waals surface area contributed by atoms with Crippen molar-refractivity contribution in [3.8, 4) is 0 Å². The van der Waals surface area contributed by atoms with Crippen molar-refractivity contribution in [2.75, 3.05) is 6.61 Å². The predicted octanol–water partition coefficient (Wildman–Crippen LogP) is 4.04. The third kappa shape index (κ3) is 6.15. The zero-order valence-corrected chi connectivity index (χ0v) is 17.7. The Bertz CT molecular complexity index is 697. The third-order valence-corrected chi connectivity index (χ3v) is 6.25. The van der Waals surface area contributed by atoms with Crippen LogP contribution in [-0.2, 0) is 16.1 Å². The number of hydrogen-bond donors (Lipinski definition) is 2. The molecule has 1 aliphatic rings. The van der Waals surface area contributed by atoms with Crippen LogP contribution in [0.5, 0.6) is 0 Å². The molecule has 28 heavy (non-hydrogen) atoms. The largest absolute Gasteiger partial charge is 0.477 e. The lowest BCUT2D eigenvalue weighted by molar-refractivity contribution is -0.127. The minimum absolute atomic E-state index is 0.0349. The van der Waals surface area contributed by atoms with E-state index in [9.17, 15) is 14.7 Å². The monoisotopic (exact) mass is 409 g/mol. The van der Waals surface area contributed by atoms with Crippen molar-refractivity contribution in [3.63, 3.8) is 0 Å². The second kappa shape index (κ2) is 10.2. The molecule has 0 radical (unpaired) electrons. The number of carboxylic acid groups (broad SMARTS) is 1. The van der Waals surface area contributed by atoms with Crippen LogP contribution in [0.3, 0.4) is 0 Å². The summed E-state index contributed by atoms with van der Waals surface area (Å²) in [5, 5.41) is 19.5. The Morgan fingerprint density at radius 2 is 2.21 bits per heavy atom. The highest BCUT2D eigenvalue weighted by Crippen LogP contribution is 2.29. The number of likely N-dealkylation sites (tertiary alicyclic amines) is 1. The van der Waals surface area contributed by atoms with Crippen LogP contribution in [0.2, 0.25) is 0 Å². The molecule has 2 heterocycles. The van der Waals surface area contributed by atoms with E-state index in [1.807, 2.05) is 13.8 Å². The summed E-state index contributed by atoms with van der Waals surface area (Å²) in [6, 6.07) is 3.26. The summed E-state index contributed by atoms with van der Waals surface area (Å²) in [5.74, 6) is -0.901. The lowest BCUT2D eigenvalue weighted by Crippen LogP contribution is -2.33. The summed E-state index contributed by atoms with van der Waals surface area (Å²) in [6.45, 7) is 6.91. The van der Waals surface area contributed by atoms with Gasteiger partial charge in [0, 0.05) is 17.5 Å². The maximum Gasteiger partial charge on any atom is 0.345 e. The average molecular weight is 410 g/mol. The number of unbranched alkanes of at least 4 members (excludes halogenated alkanes) is 1. The van der Waals surface area contributed by atoms with Crippen LogP contribution in [0, 0.1) is 5.41 Å². The standard InChI is InChI=1S/C21H31NO5S/c1-4-5-11-21(2,3)18(23)10-12-22-15(6-9-19(22)24)13-27-14-16-7-8-17(28-16)20(25)26/h7-8,10,12,15,18,23H,4-6,9,11,13-14H2,1-3H3,(H,25,26)/t15-,18?/m1/s1. The lowest BCUT2D eigenvalue weighted by Gasteiger charge is -2.29. The first-order valence-corrected chi connectivity index (χ1v) is 10.6. The van der Waals surface area contributed by atoms with E-state index in [-0.39, 0.29) is 17.4 Å². The van der Waals surface area contributed by atoms with Crippen LogP contribution in [0.1, 0.15) is 67.4 Å². The number of hydrogen-bond acceptors (Lipinski definition) is 5. The van der Waals surface area contributed by atoms with Gasteiger partial charge in [0.05, 0.1) is 25.4 Å². The van der Waals surface area contributed by atoms with Crippen molar-refractivity contribution in [1.82, 2.24) is 4.90 Å². The molecule has 1 amide bonds. The SMILES string of the molecule is CCCCC(C)(C)C(O)C=CN1C(=O)CC[C@@H]1COCc1ccc(C(=O)O)s1. The van der Waals surface area contributed by atoms with Crippen LogP contribution in [0.25, 0.3) is 0 Å². The smallest absolute Gasteiger partial charge is 0.345 e. The van der Waals surface area contributed by atoms with E-state index in [1.54, 1.807) is 29.3 Å². The molecule has 1 aliphatic heterocycles. The van der Waals surface area contributed by atoms with Gasteiger partial charge in [0.15, 0.2) is 0 Å². The highest BCUT2D eigenvalue weighted by atomic mass is 32.1. The van der Waals surface area contributed by atoms with Gasteiger partial charge in [0.25, 0.3) is 0 Å². The molecule has 0 bridgehead atoms. The maximum absolute atomic E-state index is 12.2. The molecule has 1 fully saturated rings. The summed E-state index contributed by atoms with van der Waals surface area (Å²) in [5.41, 5.74) is -0.234. The van der Waals surface area contributed by atoms with Gasteiger partial charge in [-0.05, 0) is 36.5 Å². The first kappa shape index (κ1) is 22.6. The number of amides is 1. The van der Waals surface area contributed by atoms with Gasteiger partial charge < -0.3 is 19.8 Å². The Hall–Kier alpha value is -1.70. The molecule has 1 aromatic rings. The minimum atomic E-state index is -0.936. The number of thiophene rings is 1. The quantitative estimate of drug-likeness (QED) is 0.576. The Kier molecular flexibility index (Phi) is 8.22. The molecule has 6 nitrogen and oxygen atoms in total. The van der Waals surface area contributed by atoms with Gasteiger partial charge in [0.2, 0.25) is 5.91 Å². The van der Waals surface area contributed by atoms with Gasteiger partial charge in [-0.25, -0.2) is 4.79 Å². The predicted molar refractivity (Wildman–Crippen MR) is 109 cm³/mol. The fourth-order valence-corrected chi connectivity index (χ4v) is 4.00. The van der Waals surface area contributed by atoms with Crippen molar-refractivity contribution in [2.45, 2.75) is 71.6 Å². The van der Waals surface area contributed by atoms with Gasteiger partial charge in [-0.2, -0.15) is 0 Å². The molecule has 1 saturated heterocycles. The molecule has 0 aliphatic carbocycles. The number of carboxylic acids is 1. The van der Waals surface area contributed by atoms with Crippen LogP contribution in [0.4, 0.5) is 0 Å². The zero-order valence-electron chi connectivity index (χ0n) is 16.9. The van der Waals surface area contributed by atoms with E-state index in [2.05, 4.69) is 6.92 Å². The minimum Gasteiger partial charge on any atom is -0.477 e. The number of aliphatic hydroxyl groups excluding tert-OH is 1. The van der Waals surface area contributed by atoms with E-state index in [1.165, 1.54) is 11.3 Å². The summed E-state index contributed by atoms with van der Waals surface area (Å²) >= 11 is 1.20. The maximum atomic E-state index is 12.2. The highest BCUT2D eigenvalue weighted by molar-refractivity contribution is 7.13. The van der Waals surface area contributed by atoms with Crippen molar-refractivity contribution in [3.05, 3.63) is 34.2 Å². The van der Waals surface area contributed by atoms with Crippen molar-refractivity contribution in [2.24, 2.45) is 5.41 Å². The second-order valence-electron chi connectivity index (χ2n) is 7.96. The van der Waals surface area contributed by atoms with Gasteiger partial charge in [0.1, 0.15) is 4.88 Å². The fraction of sp³-hybridized carbons (Fsp3) is 0.619. The number of rotatable bonds is 11. The molecule has 1 aromatic heterocycles. The Morgan fingerprint density at radius 3 is 2.86 bits per heavy atom. The van der Waals surface area contributed by atoms with E-state index in [0.29, 0.717) is 30.9 Å². The third-order valence-electron chi connectivity index (χ3n) is 5.20. The van der Waals surface area contributed by atoms with Crippen LogP contribution < -0.4 is 0 Å². The molecular weight excluding hydrogens is 378 g/mol. The van der Waals surface area contributed by atoms with E-state index in [0.717, 1.165) is 24.1 Å². The summed E-state index contributed by atoms with van der Waals surface area (Å²) in [4.78, 5) is 25.9. The molecular formula is C21H31NO5S. The first-order chi connectivity index (χ1) is 13.2. The number of nitrogens with zero attached hydrogens (tertiary/aromatic N) is 1. The van der Waals surface area contributed by atoms with Crippen molar-refractivity contribution >= 4 is 23.2 Å². The second-order valence-corrected chi connectivity index (χ2v) is 9.13. The first-order valence-electron chi connectivity index (χ1n) is 9.82. The Balaban J connectivity index is 1.88. The van der Waals surface area contributed by atoms with Crippen LogP contribution in [0.15, 0.2) is 24.4 Å². The van der Waals surface area contributed by atoms with E-state index < -0.39 is 12.1 Å². The molecule has 1 unspecified atom stereocenters. The van der Waals surface area contributed by atoms with Crippen molar-refractivity contribution in [1.29, 1.82) is 0 Å². The lowest BCUT2D eigenvalue weighted by atomic mass is 9.81. The Morgan fingerprint density at radius 1 is 1.46 bits per heavy atom. The molecule has 2 N–H and O–H groups in total. The highest BCUT2D eigenvalue weighted by Gasteiger charge is 2.31. The normalized spacial score (nSPS) is 18.9. The number of carbonyl (C=O) groups excluding carboxylic acids is 1. The zero-order chi connectivity index (χ0) is 20.7. The van der Waals surface area contributed by atoms with E-state index >= 15 is 0 Å². The topological polar surface area (TPSA) is 87.1 Å². The van der Waals surface area contributed by atoms with Crippen molar-refractivity contribution < 1.29 is 24.5 Å². The number of aromatic carboxylic acids is 1. The fourth-order valence-electron chi connectivity index (χ4n) is 3.21. The molecule has 156 valence electrons. The van der Waals surface area contributed by atoms with E-state index in [4.69, 9.17) is 9.84 Å². The summed E-state index contributed by atoms with van der Waals surface area (Å²) < 4.78 is 5.73. The number of carbonyl (C=O) groups is 2. The molecule has 7 heteroatoms. The molecule has 0 spiro atoms. The van der Waals surface area contributed by atoms with Crippen LogP contribution in [-0.4, -0.2) is 45.7 Å². The number of aliphatic hydroxyl groups is 1. The summed E-state index contributed by atoms with van der Waals surface area (Å²) in [7, 11) is 0. The molecule has 0 saturated carbocycles. The molecule has 0 aromatic carbocycles. The Labute approximate surface area is 170 Å². The van der Waals surface area contributed by atoms with Crippen LogP contribution >= 0.6 is 11.3 Å². The van der Waals surface area contributed by atoms with Gasteiger partial charge >= 0.3 is 5.97 Å². The molecule has 2 rings (SSSR count). The summed E-state index contributed by atoms with van der Waals surface area (Å²) in [6.07, 6.45) is 7.05. The van der Waals surface area contributed by atoms with Gasteiger partial charge in [-0.15, -0.1) is 11.3 Å². The number of ether oxygens (including phenoxy) is 1. The van der Waals surface area contributed by atoms with Gasteiger partial charge in [-0.1, -0.05) is 33.6 Å². The average Bonchev–Trinajstić information content (AvgIpc) is 3.25.